The molecule has 0 aliphatic heterocycles. The summed E-state index contributed by atoms with van der Waals surface area (Å²) in [5.74, 6) is 0.854. The van der Waals surface area contributed by atoms with Crippen LogP contribution in [0.15, 0.2) is 41.4 Å². The zero-order valence-electron chi connectivity index (χ0n) is 13.0. The smallest absolute Gasteiger partial charge is 0.119 e. The Morgan fingerprint density at radius 2 is 2.18 bits per heavy atom. The number of rotatable bonds is 6. The van der Waals surface area contributed by atoms with Crippen LogP contribution in [0.1, 0.15) is 29.8 Å². The van der Waals surface area contributed by atoms with Crippen LogP contribution < -0.4 is 10.1 Å². The summed E-state index contributed by atoms with van der Waals surface area (Å²) in [6.45, 7) is 2.76. The van der Waals surface area contributed by atoms with Gasteiger partial charge in [0.2, 0.25) is 0 Å². The molecule has 1 N–H and O–H groups in total. The SMILES string of the molecule is COc1cccc([C@@H](C)NCc2ccc(C#N)c(SC)n2)c1. The maximum atomic E-state index is 9.03. The largest absolute Gasteiger partial charge is 0.497 e. The average Bonchev–Trinajstić information content (AvgIpc) is 2.59. The molecule has 0 saturated heterocycles. The number of nitrogens with zero attached hydrogens (tertiary/aromatic N) is 2. The first-order valence-corrected chi connectivity index (χ1v) is 8.21. The second-order valence-electron chi connectivity index (χ2n) is 4.85. The molecule has 0 fully saturated rings. The molecule has 1 heterocycles. The minimum absolute atomic E-state index is 0.185. The molecule has 0 spiro atoms. The molecule has 0 amide bonds. The summed E-state index contributed by atoms with van der Waals surface area (Å²) in [6.07, 6.45) is 1.93. The number of hydrogen-bond donors (Lipinski definition) is 1. The average molecular weight is 313 g/mol. The molecule has 2 rings (SSSR count). The van der Waals surface area contributed by atoms with Gasteiger partial charge in [-0.05, 0) is 43.0 Å². The molecule has 1 atom stereocenters. The Morgan fingerprint density at radius 3 is 2.86 bits per heavy atom. The molecule has 5 heteroatoms. The first kappa shape index (κ1) is 16.3. The normalized spacial score (nSPS) is 11.7. The predicted molar refractivity (Wildman–Crippen MR) is 89.0 cm³/mol. The summed E-state index contributed by atoms with van der Waals surface area (Å²) in [4.78, 5) is 4.51. The number of nitrogens with one attached hydrogen (secondary N) is 1. The second kappa shape index (κ2) is 7.83. The number of nitriles is 1. The van der Waals surface area contributed by atoms with Crippen molar-refractivity contribution < 1.29 is 4.74 Å². The van der Waals surface area contributed by atoms with E-state index in [2.05, 4.69) is 29.4 Å². The van der Waals surface area contributed by atoms with Crippen LogP contribution in [-0.2, 0) is 6.54 Å². The molecule has 2 aromatic rings. The highest BCUT2D eigenvalue weighted by Crippen LogP contribution is 2.20. The zero-order valence-corrected chi connectivity index (χ0v) is 13.8. The monoisotopic (exact) mass is 313 g/mol. The molecule has 0 radical (unpaired) electrons. The van der Waals surface area contributed by atoms with Crippen molar-refractivity contribution in [1.82, 2.24) is 10.3 Å². The number of pyridine rings is 1. The van der Waals surface area contributed by atoms with Gasteiger partial charge in [-0.25, -0.2) is 4.98 Å². The quantitative estimate of drug-likeness (QED) is 0.827. The molecular formula is C17H19N3OS. The van der Waals surface area contributed by atoms with Crippen molar-refractivity contribution >= 4 is 11.8 Å². The first-order valence-electron chi connectivity index (χ1n) is 6.99. The van der Waals surface area contributed by atoms with E-state index in [1.807, 2.05) is 36.6 Å². The van der Waals surface area contributed by atoms with E-state index in [1.54, 1.807) is 7.11 Å². The number of thioether (sulfide) groups is 1. The summed E-state index contributed by atoms with van der Waals surface area (Å²) in [6, 6.07) is 14.1. The van der Waals surface area contributed by atoms with Crippen LogP contribution in [0.2, 0.25) is 0 Å². The lowest BCUT2D eigenvalue weighted by molar-refractivity contribution is 0.413. The highest BCUT2D eigenvalue weighted by atomic mass is 32.2. The van der Waals surface area contributed by atoms with Crippen LogP contribution in [0.3, 0.4) is 0 Å². The van der Waals surface area contributed by atoms with Crippen LogP contribution in [0.4, 0.5) is 0 Å². The van der Waals surface area contributed by atoms with Crippen molar-refractivity contribution in [3.8, 4) is 11.8 Å². The molecular weight excluding hydrogens is 294 g/mol. The van der Waals surface area contributed by atoms with Crippen molar-refractivity contribution in [2.75, 3.05) is 13.4 Å². The highest BCUT2D eigenvalue weighted by Gasteiger charge is 2.08. The third kappa shape index (κ3) is 4.00. The predicted octanol–water partition coefficient (Wildman–Crippen LogP) is 3.53. The van der Waals surface area contributed by atoms with Gasteiger partial charge in [-0.3, -0.25) is 0 Å². The molecule has 22 heavy (non-hydrogen) atoms. The number of methoxy groups -OCH3 is 1. The Labute approximate surface area is 135 Å². The van der Waals surface area contributed by atoms with Gasteiger partial charge in [0.05, 0.1) is 18.4 Å². The van der Waals surface area contributed by atoms with Crippen LogP contribution in [-0.4, -0.2) is 18.3 Å². The molecule has 0 unspecified atom stereocenters. The summed E-state index contributed by atoms with van der Waals surface area (Å²) in [7, 11) is 1.67. The molecule has 4 nitrogen and oxygen atoms in total. The second-order valence-corrected chi connectivity index (χ2v) is 5.65. The topological polar surface area (TPSA) is 57.9 Å². The standard InChI is InChI=1S/C17H19N3OS/c1-12(13-5-4-6-16(9-13)21-2)19-11-15-8-7-14(10-18)17(20-15)22-3/h4-9,12,19H,11H2,1-3H3/t12-/m1/s1. The fraction of sp³-hybridized carbons (Fsp3) is 0.294. The third-order valence-electron chi connectivity index (χ3n) is 3.41. The maximum absolute atomic E-state index is 9.03. The summed E-state index contributed by atoms with van der Waals surface area (Å²) >= 11 is 1.49. The van der Waals surface area contributed by atoms with Crippen molar-refractivity contribution in [3.05, 3.63) is 53.2 Å². The van der Waals surface area contributed by atoms with Gasteiger partial charge in [-0.15, -0.1) is 11.8 Å². The van der Waals surface area contributed by atoms with E-state index in [0.717, 1.165) is 22.0 Å². The molecule has 0 bridgehead atoms. The number of benzene rings is 1. The minimum atomic E-state index is 0.185. The van der Waals surface area contributed by atoms with Gasteiger partial charge in [0.15, 0.2) is 0 Å². The Balaban J connectivity index is 2.04. The van der Waals surface area contributed by atoms with E-state index in [4.69, 9.17) is 10.00 Å². The van der Waals surface area contributed by atoms with Crippen molar-refractivity contribution in [2.24, 2.45) is 0 Å². The summed E-state index contributed by atoms with van der Waals surface area (Å²) in [5, 5.41) is 13.2. The summed E-state index contributed by atoms with van der Waals surface area (Å²) in [5.41, 5.74) is 2.72. The van der Waals surface area contributed by atoms with E-state index in [1.165, 1.54) is 11.8 Å². The van der Waals surface area contributed by atoms with E-state index in [9.17, 15) is 0 Å². The Hall–Kier alpha value is -2.03. The number of ether oxygens (including phenoxy) is 1. The lowest BCUT2D eigenvalue weighted by atomic mass is 10.1. The van der Waals surface area contributed by atoms with Gasteiger partial charge in [-0.1, -0.05) is 12.1 Å². The zero-order chi connectivity index (χ0) is 15.9. The number of hydrogen-bond acceptors (Lipinski definition) is 5. The molecule has 1 aromatic carbocycles. The van der Waals surface area contributed by atoms with Crippen LogP contribution in [0.25, 0.3) is 0 Å². The van der Waals surface area contributed by atoms with Gasteiger partial charge >= 0.3 is 0 Å². The minimum Gasteiger partial charge on any atom is -0.497 e. The Bertz CT molecular complexity index is 682. The van der Waals surface area contributed by atoms with E-state index >= 15 is 0 Å². The van der Waals surface area contributed by atoms with Gasteiger partial charge < -0.3 is 10.1 Å². The van der Waals surface area contributed by atoms with Crippen molar-refractivity contribution in [2.45, 2.75) is 24.5 Å². The molecule has 0 saturated carbocycles. The van der Waals surface area contributed by atoms with E-state index in [-0.39, 0.29) is 6.04 Å². The van der Waals surface area contributed by atoms with E-state index in [0.29, 0.717) is 12.1 Å². The molecule has 1 aromatic heterocycles. The van der Waals surface area contributed by atoms with Crippen molar-refractivity contribution in [3.63, 3.8) is 0 Å². The molecule has 0 aliphatic rings. The van der Waals surface area contributed by atoms with Crippen LogP contribution in [0.5, 0.6) is 5.75 Å². The fourth-order valence-corrected chi connectivity index (χ4v) is 2.65. The summed E-state index contributed by atoms with van der Waals surface area (Å²) < 4.78 is 5.25. The highest BCUT2D eigenvalue weighted by molar-refractivity contribution is 7.98. The van der Waals surface area contributed by atoms with Crippen LogP contribution >= 0.6 is 11.8 Å². The van der Waals surface area contributed by atoms with Gasteiger partial charge in [-0.2, -0.15) is 5.26 Å². The van der Waals surface area contributed by atoms with Gasteiger partial charge in [0.1, 0.15) is 16.8 Å². The third-order valence-corrected chi connectivity index (χ3v) is 4.11. The first-order chi connectivity index (χ1) is 10.7. The molecule has 114 valence electrons. The number of aromatic nitrogens is 1. The maximum Gasteiger partial charge on any atom is 0.119 e. The fourth-order valence-electron chi connectivity index (χ4n) is 2.10. The van der Waals surface area contributed by atoms with Crippen LogP contribution in [0, 0.1) is 11.3 Å². The lowest BCUT2D eigenvalue weighted by Crippen LogP contribution is -2.19. The van der Waals surface area contributed by atoms with Gasteiger partial charge in [0, 0.05) is 12.6 Å². The lowest BCUT2D eigenvalue weighted by Gasteiger charge is -2.15. The Kier molecular flexibility index (Phi) is 5.82. The Morgan fingerprint density at radius 1 is 1.36 bits per heavy atom. The van der Waals surface area contributed by atoms with Gasteiger partial charge in [0.25, 0.3) is 0 Å². The molecule has 0 aliphatic carbocycles. The van der Waals surface area contributed by atoms with Crippen molar-refractivity contribution in [1.29, 1.82) is 5.26 Å². The van der Waals surface area contributed by atoms with E-state index < -0.39 is 0 Å².